The number of aryl methyl sites for hydroxylation is 1. The second-order valence-corrected chi connectivity index (χ2v) is 5.16. The monoisotopic (exact) mass is 288 g/mol. The maximum atomic E-state index is 11.5. The van der Waals surface area contributed by atoms with E-state index in [1.807, 2.05) is 25.1 Å². The number of hydrogen-bond acceptors (Lipinski definition) is 3. The Balaban J connectivity index is 1.90. The Morgan fingerprint density at radius 2 is 2.05 bits per heavy atom. The number of amides is 1. The average Bonchev–Trinajstić information content (AvgIpc) is 2.68. The lowest BCUT2D eigenvalue weighted by Crippen LogP contribution is -2.19. The number of anilines is 1. The number of ether oxygens (including phenoxy) is 1. The van der Waals surface area contributed by atoms with Crippen molar-refractivity contribution >= 4 is 23.2 Å². The lowest BCUT2D eigenvalue weighted by Gasteiger charge is -2.09. The Labute approximate surface area is 121 Å². The number of halogens is 1. The van der Waals surface area contributed by atoms with Crippen LogP contribution in [-0.4, -0.2) is 5.91 Å². The zero-order chi connectivity index (χ0) is 14.3. The second kappa shape index (κ2) is 4.81. The van der Waals surface area contributed by atoms with Crippen LogP contribution >= 0.6 is 11.6 Å². The van der Waals surface area contributed by atoms with Crippen LogP contribution in [0.3, 0.4) is 0 Å². The fourth-order valence-corrected chi connectivity index (χ4v) is 2.42. The summed E-state index contributed by atoms with van der Waals surface area (Å²) >= 11 is 6.13. The first-order valence-corrected chi connectivity index (χ1v) is 6.57. The Bertz CT molecular complexity index is 700. The van der Waals surface area contributed by atoms with Crippen molar-refractivity contribution in [1.82, 2.24) is 0 Å². The van der Waals surface area contributed by atoms with E-state index >= 15 is 0 Å². The summed E-state index contributed by atoms with van der Waals surface area (Å²) in [7, 11) is 0. The molecule has 1 heterocycles. The van der Waals surface area contributed by atoms with Crippen molar-refractivity contribution < 1.29 is 9.53 Å². The summed E-state index contributed by atoms with van der Waals surface area (Å²) in [5.41, 5.74) is 8.28. The fraction of sp³-hybridized carbons (Fsp3) is 0.133. The van der Waals surface area contributed by atoms with Crippen molar-refractivity contribution in [2.45, 2.75) is 13.0 Å². The van der Waals surface area contributed by atoms with Crippen LogP contribution in [0.15, 0.2) is 36.4 Å². The van der Waals surface area contributed by atoms with Gasteiger partial charge in [-0.2, -0.15) is 0 Å². The molecule has 0 saturated carbocycles. The van der Waals surface area contributed by atoms with E-state index in [9.17, 15) is 4.79 Å². The van der Waals surface area contributed by atoms with Gasteiger partial charge in [0.15, 0.2) is 0 Å². The molecule has 0 spiro atoms. The predicted octanol–water partition coefficient (Wildman–Crippen LogP) is 3.39. The molecule has 0 radical (unpaired) electrons. The molecule has 4 nitrogen and oxygen atoms in total. The molecular weight excluding hydrogens is 276 g/mol. The fourth-order valence-electron chi connectivity index (χ4n) is 2.15. The van der Waals surface area contributed by atoms with E-state index in [-0.39, 0.29) is 5.91 Å². The smallest absolute Gasteiger partial charge is 0.245 e. The van der Waals surface area contributed by atoms with E-state index in [0.717, 1.165) is 11.1 Å². The van der Waals surface area contributed by atoms with Crippen LogP contribution in [0.25, 0.3) is 0 Å². The molecular formula is C15H13ClN2O2. The van der Waals surface area contributed by atoms with Crippen LogP contribution in [-0.2, 0) is 4.79 Å². The van der Waals surface area contributed by atoms with Crippen LogP contribution in [0.2, 0.25) is 5.02 Å². The molecule has 5 heteroatoms. The molecule has 3 N–H and O–H groups in total. The molecule has 1 unspecified atom stereocenters. The largest absolute Gasteiger partial charge is 0.456 e. The van der Waals surface area contributed by atoms with Gasteiger partial charge < -0.3 is 15.8 Å². The highest BCUT2D eigenvalue weighted by Gasteiger charge is 2.27. The van der Waals surface area contributed by atoms with Crippen molar-refractivity contribution in [2.75, 3.05) is 5.32 Å². The van der Waals surface area contributed by atoms with E-state index in [4.69, 9.17) is 22.1 Å². The number of carbonyl (C=O) groups excluding carboxylic acids is 1. The Hall–Kier alpha value is -2.04. The van der Waals surface area contributed by atoms with Crippen LogP contribution in [0.5, 0.6) is 11.5 Å². The molecule has 3 rings (SSSR count). The van der Waals surface area contributed by atoms with Crippen LogP contribution in [0.1, 0.15) is 17.2 Å². The molecule has 0 aliphatic carbocycles. The number of benzene rings is 2. The zero-order valence-electron chi connectivity index (χ0n) is 10.8. The number of nitrogens with two attached hydrogens (primary N) is 1. The maximum absolute atomic E-state index is 11.5. The van der Waals surface area contributed by atoms with Gasteiger partial charge in [-0.3, -0.25) is 4.79 Å². The van der Waals surface area contributed by atoms with Crippen LogP contribution < -0.4 is 15.8 Å². The van der Waals surface area contributed by atoms with E-state index in [1.54, 1.807) is 18.2 Å². The minimum atomic E-state index is -0.609. The van der Waals surface area contributed by atoms with E-state index < -0.39 is 6.04 Å². The molecule has 0 aromatic heterocycles. The molecule has 0 bridgehead atoms. The van der Waals surface area contributed by atoms with Crippen molar-refractivity contribution in [3.05, 3.63) is 52.5 Å². The summed E-state index contributed by atoms with van der Waals surface area (Å²) in [5.74, 6) is 0.972. The normalized spacial score (nSPS) is 16.8. The number of nitrogens with one attached hydrogen (secondary N) is 1. The van der Waals surface area contributed by atoms with E-state index in [0.29, 0.717) is 22.2 Å². The lowest BCUT2D eigenvalue weighted by molar-refractivity contribution is -0.116. The Kier molecular flexibility index (Phi) is 3.12. The summed E-state index contributed by atoms with van der Waals surface area (Å²) in [6.07, 6.45) is 0. The average molecular weight is 289 g/mol. The molecule has 0 fully saturated rings. The van der Waals surface area contributed by atoms with E-state index in [2.05, 4.69) is 5.32 Å². The highest BCUT2D eigenvalue weighted by Crippen LogP contribution is 2.35. The van der Waals surface area contributed by atoms with Gasteiger partial charge in [0.05, 0.1) is 5.02 Å². The molecule has 2 aromatic rings. The first-order chi connectivity index (χ1) is 9.54. The van der Waals surface area contributed by atoms with E-state index in [1.165, 1.54) is 0 Å². The lowest BCUT2D eigenvalue weighted by atomic mass is 10.1. The summed E-state index contributed by atoms with van der Waals surface area (Å²) in [6.45, 7) is 1.96. The third-order valence-electron chi connectivity index (χ3n) is 3.22. The highest BCUT2D eigenvalue weighted by atomic mass is 35.5. The van der Waals surface area contributed by atoms with Gasteiger partial charge in [0.1, 0.15) is 17.5 Å². The van der Waals surface area contributed by atoms with Gasteiger partial charge in [-0.25, -0.2) is 0 Å². The Morgan fingerprint density at radius 3 is 2.80 bits per heavy atom. The molecule has 1 atom stereocenters. The van der Waals surface area contributed by atoms with Gasteiger partial charge in [-0.05, 0) is 30.7 Å². The topological polar surface area (TPSA) is 64.3 Å². The second-order valence-electron chi connectivity index (χ2n) is 4.75. The molecule has 1 aliphatic rings. The maximum Gasteiger partial charge on any atom is 0.245 e. The molecule has 102 valence electrons. The van der Waals surface area contributed by atoms with Crippen molar-refractivity contribution in [1.29, 1.82) is 0 Å². The van der Waals surface area contributed by atoms with Crippen molar-refractivity contribution in [2.24, 2.45) is 5.73 Å². The molecule has 2 aromatic carbocycles. The van der Waals surface area contributed by atoms with Gasteiger partial charge in [-0.1, -0.05) is 23.7 Å². The standard InChI is InChI=1S/C15H13ClN2O2/c1-8-2-5-13(11(16)6-8)20-9-3-4-10-12(7-9)18-15(19)14(10)17/h2-7,14H,17H2,1H3,(H,18,19). The summed E-state index contributed by atoms with van der Waals surface area (Å²) in [6, 6.07) is 10.3. The minimum absolute atomic E-state index is 0.203. The molecule has 1 aliphatic heterocycles. The summed E-state index contributed by atoms with van der Waals surface area (Å²) in [5, 5.41) is 3.27. The van der Waals surface area contributed by atoms with Gasteiger partial charge in [0, 0.05) is 17.3 Å². The van der Waals surface area contributed by atoms with Gasteiger partial charge >= 0.3 is 0 Å². The minimum Gasteiger partial charge on any atom is -0.456 e. The first-order valence-electron chi connectivity index (χ1n) is 6.19. The van der Waals surface area contributed by atoms with Crippen molar-refractivity contribution in [3.63, 3.8) is 0 Å². The molecule has 20 heavy (non-hydrogen) atoms. The highest BCUT2D eigenvalue weighted by molar-refractivity contribution is 6.32. The first kappa shape index (κ1) is 13.0. The van der Waals surface area contributed by atoms with Gasteiger partial charge in [-0.15, -0.1) is 0 Å². The number of fused-ring (bicyclic) bond motifs is 1. The van der Waals surface area contributed by atoms with Crippen LogP contribution in [0.4, 0.5) is 5.69 Å². The molecule has 0 saturated heterocycles. The third-order valence-corrected chi connectivity index (χ3v) is 3.51. The Morgan fingerprint density at radius 1 is 1.25 bits per heavy atom. The van der Waals surface area contributed by atoms with Crippen LogP contribution in [0, 0.1) is 6.92 Å². The van der Waals surface area contributed by atoms with Gasteiger partial charge in [0.25, 0.3) is 0 Å². The van der Waals surface area contributed by atoms with Gasteiger partial charge in [0.2, 0.25) is 5.91 Å². The predicted molar refractivity (Wildman–Crippen MR) is 78.3 cm³/mol. The number of hydrogen-bond donors (Lipinski definition) is 2. The zero-order valence-corrected chi connectivity index (χ0v) is 11.6. The molecule has 1 amide bonds. The summed E-state index contributed by atoms with van der Waals surface area (Å²) < 4.78 is 5.74. The quantitative estimate of drug-likeness (QED) is 0.890. The number of rotatable bonds is 2. The van der Waals surface area contributed by atoms with Crippen molar-refractivity contribution in [3.8, 4) is 11.5 Å². The number of carbonyl (C=O) groups is 1. The SMILES string of the molecule is Cc1ccc(Oc2ccc3c(c2)NC(=O)C3N)c(Cl)c1. The summed E-state index contributed by atoms with van der Waals surface area (Å²) in [4.78, 5) is 11.5. The third kappa shape index (κ3) is 2.24.